The Hall–Kier alpha value is -1.45. The fraction of sp³-hybridized carbons (Fsp3) is 0.533. The largest absolute Gasteiger partial charge is 0.449 e. The van der Waals surface area contributed by atoms with E-state index in [2.05, 4.69) is 18.3 Å². The van der Waals surface area contributed by atoms with Crippen molar-refractivity contribution in [3.05, 3.63) is 20.5 Å². The maximum Gasteiger partial charge on any atom is 0.412 e. The van der Waals surface area contributed by atoms with Crippen molar-refractivity contribution in [1.82, 2.24) is 0 Å². The molecule has 0 saturated heterocycles. The summed E-state index contributed by atoms with van der Waals surface area (Å²) in [6, 6.07) is 2.22. The van der Waals surface area contributed by atoms with E-state index in [4.69, 9.17) is 17.0 Å². The van der Waals surface area contributed by atoms with Crippen LogP contribution >= 0.6 is 23.6 Å². The summed E-state index contributed by atoms with van der Waals surface area (Å²) < 4.78 is 5.77. The topological polar surface area (TPSA) is 62.1 Å². The standard InChI is InChI=1S/C15H18N2O2S2/c1-3-6-19-15(18)17-13-12(8-16)10-5-4-9(2)7-11(10)14(20)21-13/h9H,3-7H2,1-2H3,(H,17,18). The first-order valence-electron chi connectivity index (χ1n) is 7.09. The first-order valence-corrected chi connectivity index (χ1v) is 8.32. The molecule has 1 aliphatic rings. The normalized spacial score (nSPS) is 16.7. The van der Waals surface area contributed by atoms with E-state index in [-0.39, 0.29) is 0 Å². The molecule has 0 saturated carbocycles. The number of hydrogen-bond acceptors (Lipinski definition) is 5. The van der Waals surface area contributed by atoms with Crippen LogP contribution < -0.4 is 5.32 Å². The van der Waals surface area contributed by atoms with E-state index >= 15 is 0 Å². The Kier molecular flexibility index (Phi) is 5.32. The van der Waals surface area contributed by atoms with Crippen molar-refractivity contribution in [2.24, 2.45) is 5.92 Å². The van der Waals surface area contributed by atoms with Crippen molar-refractivity contribution >= 4 is 34.6 Å². The van der Waals surface area contributed by atoms with Gasteiger partial charge in [-0.15, -0.1) is 11.3 Å². The zero-order valence-electron chi connectivity index (χ0n) is 12.2. The predicted octanol–water partition coefficient (Wildman–Crippen LogP) is 4.43. The van der Waals surface area contributed by atoms with Crippen molar-refractivity contribution < 1.29 is 9.53 Å². The van der Waals surface area contributed by atoms with Crippen LogP contribution in [0.4, 0.5) is 9.80 Å². The van der Waals surface area contributed by atoms with Gasteiger partial charge in [0.05, 0.1) is 16.0 Å². The third-order valence-electron chi connectivity index (χ3n) is 3.54. The Morgan fingerprint density at radius 2 is 2.33 bits per heavy atom. The van der Waals surface area contributed by atoms with E-state index < -0.39 is 6.09 Å². The molecule has 1 aromatic heterocycles. The monoisotopic (exact) mass is 322 g/mol. The molecule has 0 radical (unpaired) electrons. The molecule has 0 aromatic carbocycles. The van der Waals surface area contributed by atoms with Crippen molar-refractivity contribution in [3.63, 3.8) is 0 Å². The number of nitrogens with one attached hydrogen (secondary N) is 1. The molecule has 0 fully saturated rings. The molecule has 1 atom stereocenters. The summed E-state index contributed by atoms with van der Waals surface area (Å²) in [5, 5.41) is 12.6. The molecule has 0 spiro atoms. The summed E-state index contributed by atoms with van der Waals surface area (Å²) in [5.74, 6) is 0.589. The smallest absolute Gasteiger partial charge is 0.412 e. The van der Waals surface area contributed by atoms with Crippen LogP contribution in [-0.2, 0) is 17.6 Å². The zero-order valence-corrected chi connectivity index (χ0v) is 13.8. The second kappa shape index (κ2) is 7.01. The van der Waals surface area contributed by atoms with Gasteiger partial charge in [0.15, 0.2) is 0 Å². The number of fused-ring (bicyclic) bond motifs is 1. The Balaban J connectivity index is 2.35. The number of anilines is 1. The van der Waals surface area contributed by atoms with Gasteiger partial charge in [0.25, 0.3) is 0 Å². The minimum Gasteiger partial charge on any atom is -0.449 e. The first kappa shape index (κ1) is 15.9. The number of carbonyl (C=O) groups is 1. The van der Waals surface area contributed by atoms with Gasteiger partial charge in [0.1, 0.15) is 11.1 Å². The van der Waals surface area contributed by atoms with Crippen LogP contribution in [-0.4, -0.2) is 12.7 Å². The molecule has 112 valence electrons. The molecule has 0 aliphatic heterocycles. The third kappa shape index (κ3) is 3.60. The summed E-state index contributed by atoms with van der Waals surface area (Å²) >= 11 is 6.73. The fourth-order valence-corrected chi connectivity index (χ4v) is 3.85. The summed E-state index contributed by atoms with van der Waals surface area (Å²) in [6.07, 6.45) is 3.04. The maximum absolute atomic E-state index is 11.7. The van der Waals surface area contributed by atoms with Gasteiger partial charge in [-0.1, -0.05) is 26.1 Å². The highest BCUT2D eigenvalue weighted by atomic mass is 32.1. The molecule has 0 bridgehead atoms. The van der Waals surface area contributed by atoms with Crippen molar-refractivity contribution in [2.45, 2.75) is 39.5 Å². The quantitative estimate of drug-likeness (QED) is 0.836. The van der Waals surface area contributed by atoms with Crippen LogP contribution in [0.2, 0.25) is 0 Å². The van der Waals surface area contributed by atoms with E-state index in [1.165, 1.54) is 11.3 Å². The highest BCUT2D eigenvalue weighted by molar-refractivity contribution is 7.73. The molecule has 6 heteroatoms. The number of hydrogen-bond donors (Lipinski definition) is 1. The van der Waals surface area contributed by atoms with E-state index in [1.807, 2.05) is 6.92 Å². The molecule has 2 rings (SSSR count). The molecule has 1 N–H and O–H groups in total. The van der Waals surface area contributed by atoms with Gasteiger partial charge in [-0.25, -0.2) is 4.79 Å². The average molecular weight is 322 g/mol. The highest BCUT2D eigenvalue weighted by Crippen LogP contribution is 2.35. The predicted molar refractivity (Wildman–Crippen MR) is 86.3 cm³/mol. The van der Waals surface area contributed by atoms with Crippen LogP contribution in [0.25, 0.3) is 0 Å². The number of carbonyl (C=O) groups excluding carboxylic acids is 1. The number of amides is 1. The van der Waals surface area contributed by atoms with Gasteiger partial charge in [-0.2, -0.15) is 5.26 Å². The van der Waals surface area contributed by atoms with Crippen LogP contribution in [0.1, 0.15) is 43.4 Å². The second-order valence-corrected chi connectivity index (χ2v) is 6.96. The van der Waals surface area contributed by atoms with Gasteiger partial charge in [-0.05, 0) is 42.7 Å². The van der Waals surface area contributed by atoms with Crippen molar-refractivity contribution in [3.8, 4) is 6.07 Å². The summed E-state index contributed by atoms with van der Waals surface area (Å²) in [4.78, 5) is 11.7. The zero-order chi connectivity index (χ0) is 15.4. The summed E-state index contributed by atoms with van der Waals surface area (Å²) in [6.45, 7) is 4.49. The Morgan fingerprint density at radius 1 is 1.57 bits per heavy atom. The van der Waals surface area contributed by atoms with Gasteiger partial charge in [0, 0.05) is 0 Å². The molecule has 1 unspecified atom stereocenters. The molecule has 4 nitrogen and oxygen atoms in total. The Bertz CT molecular complexity index is 646. The number of ether oxygens (including phenoxy) is 1. The molecule has 21 heavy (non-hydrogen) atoms. The lowest BCUT2D eigenvalue weighted by Crippen LogP contribution is -2.17. The summed E-state index contributed by atoms with van der Waals surface area (Å²) in [5.41, 5.74) is 2.66. The lowest BCUT2D eigenvalue weighted by Gasteiger charge is -2.23. The van der Waals surface area contributed by atoms with Crippen LogP contribution in [0, 0.1) is 21.1 Å². The molecular formula is C15H18N2O2S2. The van der Waals surface area contributed by atoms with Crippen LogP contribution in [0.15, 0.2) is 0 Å². The van der Waals surface area contributed by atoms with E-state index in [0.29, 0.717) is 23.1 Å². The van der Waals surface area contributed by atoms with Crippen LogP contribution in [0.3, 0.4) is 0 Å². The van der Waals surface area contributed by atoms with E-state index in [9.17, 15) is 10.1 Å². The maximum atomic E-state index is 11.7. The molecule has 1 amide bonds. The van der Waals surface area contributed by atoms with Gasteiger partial charge < -0.3 is 4.74 Å². The fourth-order valence-electron chi connectivity index (χ4n) is 2.47. The average Bonchev–Trinajstić information content (AvgIpc) is 2.46. The first-order chi connectivity index (χ1) is 10.1. The number of nitrogens with zero attached hydrogens (tertiary/aromatic N) is 1. The Labute approximate surface area is 133 Å². The summed E-state index contributed by atoms with van der Waals surface area (Å²) in [7, 11) is 0. The van der Waals surface area contributed by atoms with E-state index in [1.54, 1.807) is 0 Å². The SMILES string of the molecule is CCCOC(=O)Nc1sc(=S)c2c(c1C#N)CCC(C)C2. The van der Waals surface area contributed by atoms with Crippen LogP contribution in [0.5, 0.6) is 0 Å². The third-order valence-corrected chi connectivity index (χ3v) is 4.98. The number of rotatable bonds is 3. The number of nitriles is 1. The minimum absolute atomic E-state index is 0.363. The minimum atomic E-state index is -0.525. The Morgan fingerprint density at radius 3 is 3.00 bits per heavy atom. The molecule has 1 aromatic rings. The van der Waals surface area contributed by atoms with Gasteiger partial charge >= 0.3 is 6.09 Å². The van der Waals surface area contributed by atoms with Gasteiger partial charge in [-0.3, -0.25) is 5.32 Å². The lowest BCUT2D eigenvalue weighted by atomic mass is 9.85. The molecule has 1 aliphatic carbocycles. The van der Waals surface area contributed by atoms with Crippen molar-refractivity contribution in [1.29, 1.82) is 5.26 Å². The highest BCUT2D eigenvalue weighted by Gasteiger charge is 2.23. The molecular weight excluding hydrogens is 304 g/mol. The second-order valence-electron chi connectivity index (χ2n) is 5.27. The van der Waals surface area contributed by atoms with Gasteiger partial charge in [0.2, 0.25) is 0 Å². The molecule has 1 heterocycles. The van der Waals surface area contributed by atoms with E-state index in [0.717, 1.165) is 40.6 Å². The van der Waals surface area contributed by atoms with Crippen molar-refractivity contribution in [2.75, 3.05) is 11.9 Å². The lowest BCUT2D eigenvalue weighted by molar-refractivity contribution is 0.162.